The molecule has 206 valence electrons. The molecular formula is C32H23FN6O3. The Labute approximate surface area is 239 Å². The van der Waals surface area contributed by atoms with Gasteiger partial charge in [-0.25, -0.2) is 24.1 Å². The van der Waals surface area contributed by atoms with Crippen molar-refractivity contribution in [3.05, 3.63) is 126 Å². The third kappa shape index (κ3) is 4.92. The number of aromatic nitrogens is 4. The number of amides is 1. The Bertz CT molecular complexity index is 1960. The number of aromatic carboxylic acids is 1. The van der Waals surface area contributed by atoms with E-state index < -0.39 is 23.3 Å². The van der Waals surface area contributed by atoms with Crippen molar-refractivity contribution in [3.8, 4) is 28.3 Å². The first kappa shape index (κ1) is 26.3. The number of imidazole rings is 1. The lowest BCUT2D eigenvalue weighted by Gasteiger charge is -2.12. The van der Waals surface area contributed by atoms with E-state index >= 15 is 0 Å². The number of halogens is 1. The van der Waals surface area contributed by atoms with E-state index in [-0.39, 0.29) is 12.1 Å². The second-order valence-electron chi connectivity index (χ2n) is 9.43. The van der Waals surface area contributed by atoms with E-state index in [1.54, 1.807) is 12.3 Å². The van der Waals surface area contributed by atoms with Gasteiger partial charge in [-0.3, -0.25) is 9.36 Å². The molecule has 1 amide bonds. The molecule has 0 unspecified atom stereocenters. The third-order valence-corrected chi connectivity index (χ3v) is 6.77. The van der Waals surface area contributed by atoms with Gasteiger partial charge in [0, 0.05) is 24.0 Å². The number of nitrogens with one attached hydrogen (secondary N) is 1. The number of carbonyl (C=O) groups is 2. The highest BCUT2D eigenvalue weighted by molar-refractivity contribution is 5.98. The van der Waals surface area contributed by atoms with Gasteiger partial charge in [0.1, 0.15) is 17.2 Å². The van der Waals surface area contributed by atoms with Crippen molar-refractivity contribution in [2.45, 2.75) is 6.54 Å². The fourth-order valence-electron chi connectivity index (χ4n) is 4.67. The van der Waals surface area contributed by atoms with Crippen molar-refractivity contribution in [2.75, 3.05) is 5.73 Å². The standard InChI is InChI=1S/C32H23FN6O3/c33-27-22(8-4-9-23(27)32(41)42)31(40)36-18-19-11-13-21(14-12-19)39-29(24-10-5-17-35-28(24)34)38-26-16-15-25(37-30(26)39)20-6-2-1-3-7-20/h1-17H,18H2,(H2,34,35)(H,36,40)(H,41,42). The smallest absolute Gasteiger partial charge is 0.338 e. The Morgan fingerprint density at radius 2 is 1.62 bits per heavy atom. The van der Waals surface area contributed by atoms with Crippen LogP contribution in [0.25, 0.3) is 39.5 Å². The van der Waals surface area contributed by atoms with E-state index in [0.717, 1.165) is 28.6 Å². The third-order valence-electron chi connectivity index (χ3n) is 6.77. The number of carbonyl (C=O) groups excluding carboxylic acids is 1. The van der Waals surface area contributed by atoms with E-state index in [2.05, 4.69) is 10.3 Å². The minimum Gasteiger partial charge on any atom is -0.478 e. The van der Waals surface area contributed by atoms with Crippen molar-refractivity contribution in [1.82, 2.24) is 24.8 Å². The Hall–Kier alpha value is -5.90. The van der Waals surface area contributed by atoms with Gasteiger partial charge in [0.25, 0.3) is 5.91 Å². The van der Waals surface area contributed by atoms with Crippen LogP contribution >= 0.6 is 0 Å². The Kier molecular flexibility index (Phi) is 6.85. The zero-order valence-electron chi connectivity index (χ0n) is 22.0. The number of nitrogens with zero attached hydrogens (tertiary/aromatic N) is 4. The molecule has 0 fully saturated rings. The van der Waals surface area contributed by atoms with Gasteiger partial charge in [0.2, 0.25) is 0 Å². The quantitative estimate of drug-likeness (QED) is 0.235. The highest BCUT2D eigenvalue weighted by atomic mass is 19.1. The highest BCUT2D eigenvalue weighted by Crippen LogP contribution is 2.31. The number of hydrogen-bond acceptors (Lipinski definition) is 6. The van der Waals surface area contributed by atoms with Crippen molar-refractivity contribution in [2.24, 2.45) is 0 Å². The number of benzene rings is 3. The van der Waals surface area contributed by atoms with Crippen LogP contribution in [-0.4, -0.2) is 36.5 Å². The number of carboxylic acid groups (broad SMARTS) is 1. The van der Waals surface area contributed by atoms with Gasteiger partial charge in [0.15, 0.2) is 11.5 Å². The number of carboxylic acids is 1. The van der Waals surface area contributed by atoms with Crippen LogP contribution in [0.5, 0.6) is 0 Å². The normalized spacial score (nSPS) is 11.0. The molecule has 6 rings (SSSR count). The van der Waals surface area contributed by atoms with E-state index in [1.165, 1.54) is 12.1 Å². The first-order valence-corrected chi connectivity index (χ1v) is 13.0. The average molecular weight is 559 g/mol. The molecule has 3 heterocycles. The van der Waals surface area contributed by atoms with Crippen LogP contribution in [0.15, 0.2) is 103 Å². The number of anilines is 1. The SMILES string of the molecule is Nc1ncccc1-c1nc2ccc(-c3ccccc3)nc2n1-c1ccc(CNC(=O)c2cccc(C(=O)O)c2F)cc1. The second kappa shape index (κ2) is 10.9. The summed E-state index contributed by atoms with van der Waals surface area (Å²) in [6, 6.07) is 28.4. The van der Waals surface area contributed by atoms with Crippen molar-refractivity contribution in [1.29, 1.82) is 0 Å². The molecule has 0 aliphatic carbocycles. The topological polar surface area (TPSA) is 136 Å². The first-order valence-electron chi connectivity index (χ1n) is 13.0. The lowest BCUT2D eigenvalue weighted by Crippen LogP contribution is -2.24. The van der Waals surface area contributed by atoms with Crippen LogP contribution < -0.4 is 11.1 Å². The number of hydrogen-bond donors (Lipinski definition) is 3. The number of pyridine rings is 2. The molecule has 6 aromatic rings. The van der Waals surface area contributed by atoms with Crippen LogP contribution in [0.1, 0.15) is 26.3 Å². The molecule has 42 heavy (non-hydrogen) atoms. The molecule has 0 radical (unpaired) electrons. The van der Waals surface area contributed by atoms with Gasteiger partial charge in [-0.15, -0.1) is 0 Å². The maximum absolute atomic E-state index is 14.5. The average Bonchev–Trinajstić information content (AvgIpc) is 3.39. The molecule has 3 aromatic carbocycles. The number of fused-ring (bicyclic) bond motifs is 1. The maximum Gasteiger partial charge on any atom is 0.338 e. The predicted molar refractivity (Wildman–Crippen MR) is 156 cm³/mol. The first-order chi connectivity index (χ1) is 20.4. The largest absolute Gasteiger partial charge is 0.478 e. The minimum absolute atomic E-state index is 0.0966. The molecule has 0 aliphatic rings. The molecule has 10 heteroatoms. The number of nitrogens with two attached hydrogens (primary N) is 1. The van der Waals surface area contributed by atoms with E-state index in [0.29, 0.717) is 28.4 Å². The number of rotatable bonds is 7. The Balaban J connectivity index is 1.35. The second-order valence-corrected chi connectivity index (χ2v) is 9.43. The van der Waals surface area contributed by atoms with E-state index in [1.807, 2.05) is 77.4 Å². The predicted octanol–water partition coefficient (Wildman–Crippen LogP) is 5.50. The molecular weight excluding hydrogens is 535 g/mol. The van der Waals surface area contributed by atoms with Crippen molar-refractivity contribution < 1.29 is 19.1 Å². The van der Waals surface area contributed by atoms with Gasteiger partial charge < -0.3 is 16.2 Å². The van der Waals surface area contributed by atoms with E-state index in [4.69, 9.17) is 20.8 Å². The molecule has 0 bridgehead atoms. The summed E-state index contributed by atoms with van der Waals surface area (Å²) in [6.07, 6.45) is 1.62. The van der Waals surface area contributed by atoms with Gasteiger partial charge >= 0.3 is 5.97 Å². The molecule has 4 N–H and O–H groups in total. The Morgan fingerprint density at radius 1 is 0.857 bits per heavy atom. The maximum atomic E-state index is 14.5. The summed E-state index contributed by atoms with van der Waals surface area (Å²) in [5.74, 6) is -2.33. The molecule has 0 saturated heterocycles. The molecule has 0 atom stereocenters. The van der Waals surface area contributed by atoms with Crippen molar-refractivity contribution in [3.63, 3.8) is 0 Å². The zero-order valence-corrected chi connectivity index (χ0v) is 22.0. The minimum atomic E-state index is -1.44. The lowest BCUT2D eigenvalue weighted by molar-refractivity contribution is 0.0691. The molecule has 0 aliphatic heterocycles. The van der Waals surface area contributed by atoms with E-state index in [9.17, 15) is 14.0 Å². The summed E-state index contributed by atoms with van der Waals surface area (Å²) in [7, 11) is 0. The fraction of sp³-hybridized carbons (Fsp3) is 0.0312. The van der Waals surface area contributed by atoms with Gasteiger partial charge in [0.05, 0.1) is 22.4 Å². The van der Waals surface area contributed by atoms with Crippen LogP contribution in [0.2, 0.25) is 0 Å². The summed E-state index contributed by atoms with van der Waals surface area (Å²) in [5, 5.41) is 11.8. The molecule has 9 nitrogen and oxygen atoms in total. The summed E-state index contributed by atoms with van der Waals surface area (Å²) in [5.41, 5.74) is 10.5. The van der Waals surface area contributed by atoms with Gasteiger partial charge in [-0.05, 0) is 54.1 Å². The van der Waals surface area contributed by atoms with Gasteiger partial charge in [-0.2, -0.15) is 0 Å². The van der Waals surface area contributed by atoms with Crippen LogP contribution in [-0.2, 0) is 6.54 Å². The molecule has 0 saturated carbocycles. The summed E-state index contributed by atoms with van der Waals surface area (Å²) >= 11 is 0. The molecule has 0 spiro atoms. The number of nitrogen functional groups attached to an aromatic ring is 1. The van der Waals surface area contributed by atoms with Gasteiger partial charge in [-0.1, -0.05) is 48.5 Å². The highest BCUT2D eigenvalue weighted by Gasteiger charge is 2.20. The van der Waals surface area contributed by atoms with Crippen LogP contribution in [0, 0.1) is 5.82 Å². The fourth-order valence-corrected chi connectivity index (χ4v) is 4.67. The van der Waals surface area contributed by atoms with Crippen LogP contribution in [0.3, 0.4) is 0 Å². The van der Waals surface area contributed by atoms with Crippen molar-refractivity contribution >= 4 is 28.9 Å². The lowest BCUT2D eigenvalue weighted by atomic mass is 10.1. The zero-order chi connectivity index (χ0) is 29.2. The summed E-state index contributed by atoms with van der Waals surface area (Å²) in [6.45, 7) is 0.0966. The summed E-state index contributed by atoms with van der Waals surface area (Å²) in [4.78, 5) is 37.9. The van der Waals surface area contributed by atoms with Crippen LogP contribution in [0.4, 0.5) is 10.2 Å². The summed E-state index contributed by atoms with van der Waals surface area (Å²) < 4.78 is 16.4. The molecule has 3 aromatic heterocycles. The Morgan fingerprint density at radius 3 is 2.36 bits per heavy atom. The monoisotopic (exact) mass is 558 g/mol.